The summed E-state index contributed by atoms with van der Waals surface area (Å²) in [4.78, 5) is 4.50. The average molecular weight is 433 g/mol. The summed E-state index contributed by atoms with van der Waals surface area (Å²) < 4.78 is 17.2. The van der Waals surface area contributed by atoms with E-state index in [0.717, 1.165) is 15.7 Å². The van der Waals surface area contributed by atoms with Crippen molar-refractivity contribution in [2.45, 2.75) is 12.8 Å². The molecule has 3 rings (SSSR count). The van der Waals surface area contributed by atoms with Gasteiger partial charge in [0.05, 0.1) is 27.1 Å². The lowest BCUT2D eigenvalue weighted by Gasteiger charge is -2.12. The molecular weight excluding hydrogens is 422 g/mol. The van der Waals surface area contributed by atoms with E-state index in [-0.39, 0.29) is 11.7 Å². The second-order valence-electron chi connectivity index (χ2n) is 4.64. The van der Waals surface area contributed by atoms with Gasteiger partial charge >= 0.3 is 0 Å². The van der Waals surface area contributed by atoms with Gasteiger partial charge in [-0.3, -0.25) is 4.57 Å². The Morgan fingerprint density at radius 2 is 2.00 bits per heavy atom. The van der Waals surface area contributed by atoms with Crippen LogP contribution >= 0.6 is 43.5 Å². The van der Waals surface area contributed by atoms with E-state index in [1.54, 1.807) is 6.07 Å². The van der Waals surface area contributed by atoms with Crippen molar-refractivity contribution in [3.63, 3.8) is 0 Å². The third-order valence-electron chi connectivity index (χ3n) is 3.37. The van der Waals surface area contributed by atoms with E-state index in [9.17, 15) is 4.39 Å². The van der Waals surface area contributed by atoms with Crippen molar-refractivity contribution in [3.8, 4) is 5.69 Å². The molecular formula is C15H10Br2ClFN2. The number of rotatable bonds is 2. The van der Waals surface area contributed by atoms with Gasteiger partial charge in [-0.1, -0.05) is 22.0 Å². The molecule has 0 radical (unpaired) electrons. The quantitative estimate of drug-likeness (QED) is 0.473. The van der Waals surface area contributed by atoms with Crippen molar-refractivity contribution in [1.29, 1.82) is 0 Å². The minimum atomic E-state index is -0.322. The Morgan fingerprint density at radius 1 is 1.24 bits per heavy atom. The molecule has 0 fully saturated rings. The number of alkyl halides is 1. The van der Waals surface area contributed by atoms with Gasteiger partial charge in [-0.15, -0.1) is 11.6 Å². The lowest BCUT2D eigenvalue weighted by molar-refractivity contribution is 0.622. The van der Waals surface area contributed by atoms with Crippen LogP contribution in [0.15, 0.2) is 39.3 Å². The van der Waals surface area contributed by atoms with Crippen LogP contribution in [0.4, 0.5) is 4.39 Å². The molecule has 3 aromatic rings. The first kappa shape index (κ1) is 15.0. The van der Waals surface area contributed by atoms with Crippen LogP contribution in [0.2, 0.25) is 0 Å². The topological polar surface area (TPSA) is 17.8 Å². The molecule has 6 heteroatoms. The fourth-order valence-electron chi connectivity index (χ4n) is 2.32. The second-order valence-corrected chi connectivity index (χ2v) is 6.61. The fraction of sp³-hybridized carbons (Fsp3) is 0.133. The Hall–Kier alpha value is -0.910. The highest BCUT2D eigenvalue weighted by molar-refractivity contribution is 9.10. The molecule has 0 saturated carbocycles. The maximum atomic E-state index is 13.9. The van der Waals surface area contributed by atoms with Gasteiger partial charge in [0.1, 0.15) is 11.6 Å². The predicted molar refractivity (Wildman–Crippen MR) is 90.7 cm³/mol. The van der Waals surface area contributed by atoms with Gasteiger partial charge in [-0.2, -0.15) is 0 Å². The van der Waals surface area contributed by atoms with Crippen molar-refractivity contribution in [1.82, 2.24) is 9.55 Å². The lowest BCUT2D eigenvalue weighted by Crippen LogP contribution is -2.02. The first-order valence-corrected chi connectivity index (χ1v) is 8.33. The molecule has 0 aliphatic heterocycles. The molecule has 0 unspecified atom stereocenters. The van der Waals surface area contributed by atoms with E-state index in [1.165, 1.54) is 6.07 Å². The first-order valence-electron chi connectivity index (χ1n) is 6.20. The molecule has 21 heavy (non-hydrogen) atoms. The Morgan fingerprint density at radius 3 is 2.71 bits per heavy atom. The first-order chi connectivity index (χ1) is 10.0. The van der Waals surface area contributed by atoms with Crippen molar-refractivity contribution >= 4 is 54.5 Å². The van der Waals surface area contributed by atoms with Crippen LogP contribution in [-0.4, -0.2) is 9.55 Å². The summed E-state index contributed by atoms with van der Waals surface area (Å²) in [6.45, 7) is 2.00. The molecule has 0 aliphatic carbocycles. The van der Waals surface area contributed by atoms with Crippen LogP contribution in [-0.2, 0) is 5.88 Å². The van der Waals surface area contributed by atoms with Gasteiger partial charge < -0.3 is 0 Å². The summed E-state index contributed by atoms with van der Waals surface area (Å²) >= 11 is 12.7. The standard InChI is InChI=1S/C15H10Br2ClFN2/c1-8-9(16)3-2-4-13(8)21-14-6-11(19)10(17)5-12(14)20-15(21)7-18/h2-6H,7H2,1H3. The normalized spacial score (nSPS) is 11.3. The molecule has 108 valence electrons. The van der Waals surface area contributed by atoms with Gasteiger partial charge in [0.2, 0.25) is 0 Å². The van der Waals surface area contributed by atoms with E-state index in [4.69, 9.17) is 11.6 Å². The largest absolute Gasteiger partial charge is 0.295 e. The molecule has 0 saturated heterocycles. The summed E-state index contributed by atoms with van der Waals surface area (Å²) in [6, 6.07) is 9.02. The fourth-order valence-corrected chi connectivity index (χ4v) is 3.19. The summed E-state index contributed by atoms with van der Waals surface area (Å²) in [6.07, 6.45) is 0. The van der Waals surface area contributed by atoms with Gasteiger partial charge in [0, 0.05) is 10.5 Å². The second kappa shape index (κ2) is 5.71. The SMILES string of the molecule is Cc1c(Br)cccc1-n1c(CCl)nc2cc(Br)c(F)cc21. The Balaban J connectivity index is 2.40. The molecule has 0 N–H and O–H groups in total. The van der Waals surface area contributed by atoms with E-state index in [2.05, 4.69) is 36.8 Å². The van der Waals surface area contributed by atoms with Gasteiger partial charge in [0.25, 0.3) is 0 Å². The Kier molecular flexibility index (Phi) is 4.08. The van der Waals surface area contributed by atoms with Gasteiger partial charge in [-0.05, 0) is 46.6 Å². The molecule has 0 spiro atoms. The number of nitrogens with zero attached hydrogens (tertiary/aromatic N) is 2. The van der Waals surface area contributed by atoms with E-state index < -0.39 is 0 Å². The minimum absolute atomic E-state index is 0.250. The number of hydrogen-bond donors (Lipinski definition) is 0. The monoisotopic (exact) mass is 430 g/mol. The third kappa shape index (κ3) is 2.51. The van der Waals surface area contributed by atoms with Crippen molar-refractivity contribution < 1.29 is 4.39 Å². The maximum absolute atomic E-state index is 13.9. The van der Waals surface area contributed by atoms with Crippen LogP contribution in [0.5, 0.6) is 0 Å². The van der Waals surface area contributed by atoms with Crippen molar-refractivity contribution in [2.24, 2.45) is 0 Å². The van der Waals surface area contributed by atoms with Crippen LogP contribution in [0.1, 0.15) is 11.4 Å². The third-order valence-corrected chi connectivity index (χ3v) is 5.07. The van der Waals surface area contributed by atoms with E-state index in [0.29, 0.717) is 21.3 Å². The number of hydrogen-bond acceptors (Lipinski definition) is 1. The van der Waals surface area contributed by atoms with Gasteiger partial charge in [-0.25, -0.2) is 9.37 Å². The summed E-state index contributed by atoms with van der Waals surface area (Å²) in [5.41, 5.74) is 3.39. The van der Waals surface area contributed by atoms with Crippen LogP contribution < -0.4 is 0 Å². The smallest absolute Gasteiger partial charge is 0.139 e. The van der Waals surface area contributed by atoms with Crippen LogP contribution in [0, 0.1) is 12.7 Å². The zero-order valence-electron chi connectivity index (χ0n) is 11.0. The zero-order chi connectivity index (χ0) is 15.1. The predicted octanol–water partition coefficient (Wildman–Crippen LogP) is 5.74. The molecule has 1 heterocycles. The van der Waals surface area contributed by atoms with Crippen LogP contribution in [0.25, 0.3) is 16.7 Å². The van der Waals surface area contributed by atoms with E-state index >= 15 is 0 Å². The average Bonchev–Trinajstić information content (AvgIpc) is 2.80. The van der Waals surface area contributed by atoms with Gasteiger partial charge in [0.15, 0.2) is 0 Å². The molecule has 2 nitrogen and oxygen atoms in total. The number of fused-ring (bicyclic) bond motifs is 1. The Labute approximate surface area is 143 Å². The highest BCUT2D eigenvalue weighted by Crippen LogP contribution is 2.30. The summed E-state index contributed by atoms with van der Waals surface area (Å²) in [5, 5.41) is 0. The summed E-state index contributed by atoms with van der Waals surface area (Å²) in [5.74, 6) is 0.614. The van der Waals surface area contributed by atoms with Crippen LogP contribution in [0.3, 0.4) is 0 Å². The maximum Gasteiger partial charge on any atom is 0.139 e. The molecule has 0 amide bonds. The molecule has 1 aromatic heterocycles. The highest BCUT2D eigenvalue weighted by Gasteiger charge is 2.16. The Bertz CT molecular complexity index is 845. The van der Waals surface area contributed by atoms with Crippen molar-refractivity contribution in [3.05, 3.63) is 56.5 Å². The minimum Gasteiger partial charge on any atom is -0.295 e. The molecule has 2 aromatic carbocycles. The lowest BCUT2D eigenvalue weighted by atomic mass is 10.2. The summed E-state index contributed by atoms with van der Waals surface area (Å²) in [7, 11) is 0. The number of aromatic nitrogens is 2. The zero-order valence-corrected chi connectivity index (χ0v) is 14.9. The molecule has 0 bridgehead atoms. The molecule has 0 atom stereocenters. The van der Waals surface area contributed by atoms with Crippen molar-refractivity contribution in [2.75, 3.05) is 0 Å². The number of halogens is 4. The molecule has 0 aliphatic rings. The van der Waals surface area contributed by atoms with E-state index in [1.807, 2.05) is 29.7 Å². The highest BCUT2D eigenvalue weighted by atomic mass is 79.9. The number of imidazole rings is 1. The number of benzene rings is 2.